The number of carbonyl (C=O) groups excluding carboxylic acids is 1. The van der Waals surface area contributed by atoms with E-state index in [0.29, 0.717) is 6.47 Å². The quantitative estimate of drug-likeness (QED) is 0.646. The highest BCUT2D eigenvalue weighted by atomic mass is 16.5. The van der Waals surface area contributed by atoms with Crippen LogP contribution in [0.3, 0.4) is 0 Å². The van der Waals surface area contributed by atoms with Crippen LogP contribution in [-0.4, -0.2) is 16.4 Å². The SMILES string of the molecule is CC1=C(C=C/C(C)=C/c2c[nH]c(OC=O)n2)C(C)(C)CCC1. The molecule has 4 nitrogen and oxygen atoms in total. The summed E-state index contributed by atoms with van der Waals surface area (Å²) in [4.78, 5) is 17.2. The second-order valence-corrected chi connectivity index (χ2v) is 6.50. The monoisotopic (exact) mass is 300 g/mol. The molecule has 0 aromatic carbocycles. The van der Waals surface area contributed by atoms with E-state index in [-0.39, 0.29) is 11.4 Å². The van der Waals surface area contributed by atoms with Crippen molar-refractivity contribution in [3.63, 3.8) is 0 Å². The van der Waals surface area contributed by atoms with E-state index in [1.54, 1.807) is 6.20 Å². The molecule has 0 fully saturated rings. The van der Waals surface area contributed by atoms with E-state index in [0.717, 1.165) is 11.3 Å². The minimum atomic E-state index is 0.213. The van der Waals surface area contributed by atoms with E-state index in [4.69, 9.17) is 0 Å². The lowest BCUT2D eigenvalue weighted by Gasteiger charge is -2.32. The van der Waals surface area contributed by atoms with Gasteiger partial charge in [-0.15, -0.1) is 0 Å². The number of nitrogens with zero attached hydrogens (tertiary/aromatic N) is 1. The highest BCUT2D eigenvalue weighted by Crippen LogP contribution is 2.40. The maximum atomic E-state index is 10.3. The normalized spacial score (nSPS) is 18.8. The highest BCUT2D eigenvalue weighted by Gasteiger charge is 2.26. The lowest BCUT2D eigenvalue weighted by Crippen LogP contribution is -2.19. The summed E-state index contributed by atoms with van der Waals surface area (Å²) in [6, 6.07) is 0.213. The largest absolute Gasteiger partial charge is 0.395 e. The topological polar surface area (TPSA) is 55.0 Å². The standard InChI is InChI=1S/C18H24N2O2/c1-13(10-15-11-19-17(20-15)22-12-21)7-8-16-14(2)6-5-9-18(16,3)4/h7-8,10-12H,5-6,9H2,1-4H3,(H,19,20)/b8-7?,13-10+. The Morgan fingerprint density at radius 1 is 1.45 bits per heavy atom. The van der Waals surface area contributed by atoms with Crippen LogP contribution in [0.5, 0.6) is 6.01 Å². The molecule has 0 radical (unpaired) electrons. The van der Waals surface area contributed by atoms with Crippen LogP contribution in [0.15, 0.2) is 35.1 Å². The summed E-state index contributed by atoms with van der Waals surface area (Å²) >= 11 is 0. The molecule has 0 saturated carbocycles. The summed E-state index contributed by atoms with van der Waals surface area (Å²) in [6.45, 7) is 9.25. The van der Waals surface area contributed by atoms with Crippen LogP contribution in [0.2, 0.25) is 0 Å². The number of hydrogen-bond donors (Lipinski definition) is 1. The van der Waals surface area contributed by atoms with Gasteiger partial charge in [-0.2, -0.15) is 4.98 Å². The molecule has 0 unspecified atom stereocenters. The van der Waals surface area contributed by atoms with E-state index in [1.807, 2.05) is 13.0 Å². The average molecular weight is 300 g/mol. The Labute approximate surface area is 132 Å². The summed E-state index contributed by atoms with van der Waals surface area (Å²) < 4.78 is 4.66. The predicted molar refractivity (Wildman–Crippen MR) is 88.4 cm³/mol. The summed E-state index contributed by atoms with van der Waals surface area (Å²) in [5.41, 5.74) is 5.02. The van der Waals surface area contributed by atoms with Crippen molar-refractivity contribution in [2.24, 2.45) is 5.41 Å². The maximum absolute atomic E-state index is 10.3. The first-order valence-corrected chi connectivity index (χ1v) is 7.65. The molecule has 1 aromatic rings. The maximum Gasteiger partial charge on any atom is 0.301 e. The van der Waals surface area contributed by atoms with Gasteiger partial charge in [0.2, 0.25) is 0 Å². The zero-order valence-corrected chi connectivity index (χ0v) is 13.8. The number of aromatic amines is 1. The zero-order valence-electron chi connectivity index (χ0n) is 13.8. The first-order valence-electron chi connectivity index (χ1n) is 7.65. The van der Waals surface area contributed by atoms with E-state index in [1.165, 1.54) is 30.4 Å². The first-order chi connectivity index (χ1) is 10.4. The molecule has 4 heteroatoms. The molecule has 1 aromatic heterocycles. The van der Waals surface area contributed by atoms with Crippen LogP contribution in [0.25, 0.3) is 6.08 Å². The Kier molecular flexibility index (Phi) is 5.01. The van der Waals surface area contributed by atoms with Gasteiger partial charge in [0, 0.05) is 6.20 Å². The number of nitrogens with one attached hydrogen (secondary N) is 1. The number of rotatable bonds is 5. The molecule has 1 heterocycles. The Hall–Kier alpha value is -2.10. The molecule has 22 heavy (non-hydrogen) atoms. The molecule has 1 N–H and O–H groups in total. The fraction of sp³-hybridized carbons (Fsp3) is 0.444. The van der Waals surface area contributed by atoms with Crippen molar-refractivity contribution in [1.82, 2.24) is 9.97 Å². The number of aromatic nitrogens is 2. The zero-order chi connectivity index (χ0) is 16.2. The minimum Gasteiger partial charge on any atom is -0.395 e. The highest BCUT2D eigenvalue weighted by molar-refractivity contribution is 5.53. The molecule has 0 saturated heterocycles. The fourth-order valence-corrected chi connectivity index (χ4v) is 3.00. The first kappa shape index (κ1) is 16.3. The van der Waals surface area contributed by atoms with Gasteiger partial charge < -0.3 is 9.72 Å². The van der Waals surface area contributed by atoms with Crippen molar-refractivity contribution in [2.45, 2.75) is 47.0 Å². The van der Waals surface area contributed by atoms with E-state index in [9.17, 15) is 4.79 Å². The Balaban J connectivity index is 2.14. The molecule has 0 atom stereocenters. The second kappa shape index (κ2) is 6.77. The number of H-pyrrole nitrogens is 1. The van der Waals surface area contributed by atoms with E-state index in [2.05, 4.69) is 47.6 Å². The van der Waals surface area contributed by atoms with Crippen LogP contribution in [0, 0.1) is 5.41 Å². The van der Waals surface area contributed by atoms with Crippen molar-refractivity contribution in [1.29, 1.82) is 0 Å². The van der Waals surface area contributed by atoms with Crippen molar-refractivity contribution >= 4 is 12.5 Å². The van der Waals surface area contributed by atoms with Gasteiger partial charge in [-0.25, -0.2) is 0 Å². The van der Waals surface area contributed by atoms with Crippen molar-refractivity contribution in [2.75, 3.05) is 0 Å². The molecular weight excluding hydrogens is 276 g/mol. The molecule has 118 valence electrons. The Morgan fingerprint density at radius 2 is 2.23 bits per heavy atom. The molecule has 0 amide bonds. The van der Waals surface area contributed by atoms with Gasteiger partial charge in [0.25, 0.3) is 0 Å². The number of carbonyl (C=O) groups is 1. The summed E-state index contributed by atoms with van der Waals surface area (Å²) in [7, 11) is 0. The van der Waals surface area contributed by atoms with Crippen LogP contribution < -0.4 is 4.74 Å². The number of allylic oxidation sites excluding steroid dienone is 5. The van der Waals surface area contributed by atoms with Gasteiger partial charge in [-0.05, 0) is 55.7 Å². The second-order valence-electron chi connectivity index (χ2n) is 6.50. The molecule has 0 spiro atoms. The van der Waals surface area contributed by atoms with Crippen LogP contribution >= 0.6 is 0 Å². The third-order valence-electron chi connectivity index (χ3n) is 4.16. The number of ether oxygens (including phenoxy) is 1. The van der Waals surface area contributed by atoms with Crippen LogP contribution in [-0.2, 0) is 4.79 Å². The lowest BCUT2D eigenvalue weighted by atomic mass is 9.72. The van der Waals surface area contributed by atoms with E-state index < -0.39 is 0 Å². The molecule has 1 aliphatic carbocycles. The molecule has 0 aliphatic heterocycles. The van der Waals surface area contributed by atoms with Crippen LogP contribution in [0.4, 0.5) is 0 Å². The van der Waals surface area contributed by atoms with Crippen molar-refractivity contribution < 1.29 is 9.53 Å². The van der Waals surface area contributed by atoms with Gasteiger partial charge in [0.1, 0.15) is 0 Å². The third-order valence-corrected chi connectivity index (χ3v) is 4.16. The van der Waals surface area contributed by atoms with Gasteiger partial charge in [-0.1, -0.05) is 31.6 Å². The summed E-state index contributed by atoms with van der Waals surface area (Å²) in [6.07, 6.45) is 11.7. The smallest absolute Gasteiger partial charge is 0.301 e. The fourth-order valence-electron chi connectivity index (χ4n) is 3.00. The van der Waals surface area contributed by atoms with Crippen molar-refractivity contribution in [3.8, 4) is 6.01 Å². The van der Waals surface area contributed by atoms with Crippen molar-refractivity contribution in [3.05, 3.63) is 40.8 Å². The molecular formula is C18H24N2O2. The number of hydrogen-bond acceptors (Lipinski definition) is 3. The molecule has 1 aliphatic rings. The average Bonchev–Trinajstić information content (AvgIpc) is 2.85. The van der Waals surface area contributed by atoms with Gasteiger partial charge in [0.15, 0.2) is 0 Å². The lowest BCUT2D eigenvalue weighted by molar-refractivity contribution is -0.121. The van der Waals surface area contributed by atoms with E-state index >= 15 is 0 Å². The van der Waals surface area contributed by atoms with Gasteiger partial charge in [-0.3, -0.25) is 4.79 Å². The van der Waals surface area contributed by atoms with Gasteiger partial charge in [0.05, 0.1) is 5.69 Å². The summed E-state index contributed by atoms with van der Waals surface area (Å²) in [5, 5.41) is 0. The number of imidazole rings is 1. The third kappa shape index (κ3) is 3.97. The molecule has 2 rings (SSSR count). The Morgan fingerprint density at radius 3 is 2.91 bits per heavy atom. The predicted octanol–water partition coefficient (Wildman–Crippen LogP) is 4.43. The van der Waals surface area contributed by atoms with Gasteiger partial charge >= 0.3 is 12.5 Å². The molecule has 0 bridgehead atoms. The minimum absolute atomic E-state index is 0.213. The summed E-state index contributed by atoms with van der Waals surface area (Å²) in [5.74, 6) is 0. The van der Waals surface area contributed by atoms with Crippen LogP contribution in [0.1, 0.15) is 52.7 Å². The Bertz CT molecular complexity index is 633.